The summed E-state index contributed by atoms with van der Waals surface area (Å²) < 4.78 is 10.9. The minimum atomic E-state index is -0.237. The molecule has 134 valence electrons. The number of methoxy groups -OCH3 is 1. The summed E-state index contributed by atoms with van der Waals surface area (Å²) in [4.78, 5) is 12.1. The highest BCUT2D eigenvalue weighted by atomic mass is 16.5. The largest absolute Gasteiger partial charge is 0.497 e. The third kappa shape index (κ3) is 2.75. The summed E-state index contributed by atoms with van der Waals surface area (Å²) >= 11 is 0. The van der Waals surface area contributed by atoms with E-state index in [4.69, 9.17) is 9.26 Å². The van der Waals surface area contributed by atoms with Crippen LogP contribution in [0.4, 0.5) is 5.82 Å². The van der Waals surface area contributed by atoms with E-state index in [1.165, 1.54) is 0 Å². The smallest absolute Gasteiger partial charge is 0.226 e. The van der Waals surface area contributed by atoms with Crippen molar-refractivity contribution in [3.8, 4) is 17.0 Å². The van der Waals surface area contributed by atoms with Gasteiger partial charge in [0.05, 0.1) is 24.4 Å². The Balaban J connectivity index is 1.82. The van der Waals surface area contributed by atoms with Crippen LogP contribution in [0.3, 0.4) is 0 Å². The number of hydrogen-bond acceptors (Lipinski definition) is 5. The van der Waals surface area contributed by atoms with Crippen molar-refractivity contribution in [3.63, 3.8) is 0 Å². The van der Waals surface area contributed by atoms with Gasteiger partial charge < -0.3 is 14.6 Å². The summed E-state index contributed by atoms with van der Waals surface area (Å²) in [5.74, 6) is 1.89. The van der Waals surface area contributed by atoms with E-state index in [2.05, 4.69) is 34.5 Å². The molecule has 1 amide bonds. The SMILES string of the molecule is COc1cccc(-c2[nH]nc3c2C(c2cc(C(C)C)no2)CC(=O)N3)c1. The average Bonchev–Trinajstić information content (AvgIpc) is 3.28. The molecule has 0 saturated heterocycles. The average molecular weight is 352 g/mol. The number of nitrogens with zero attached hydrogens (tertiary/aromatic N) is 2. The van der Waals surface area contributed by atoms with Crippen LogP contribution in [-0.4, -0.2) is 28.4 Å². The Morgan fingerprint density at radius 1 is 1.31 bits per heavy atom. The van der Waals surface area contributed by atoms with Gasteiger partial charge in [0.2, 0.25) is 5.91 Å². The van der Waals surface area contributed by atoms with Gasteiger partial charge in [-0.1, -0.05) is 31.1 Å². The molecular formula is C19H20N4O3. The molecule has 1 aliphatic heterocycles. The second-order valence-electron chi connectivity index (χ2n) is 6.71. The topological polar surface area (TPSA) is 93.0 Å². The molecule has 0 spiro atoms. The van der Waals surface area contributed by atoms with Crippen LogP contribution in [0.1, 0.15) is 49.1 Å². The molecule has 1 aromatic carbocycles. The first-order valence-corrected chi connectivity index (χ1v) is 8.56. The molecule has 3 aromatic rings. The molecule has 0 saturated carbocycles. The molecule has 0 aliphatic carbocycles. The van der Waals surface area contributed by atoms with E-state index in [-0.39, 0.29) is 24.2 Å². The zero-order valence-corrected chi connectivity index (χ0v) is 14.9. The maximum absolute atomic E-state index is 12.1. The van der Waals surface area contributed by atoms with Crippen LogP contribution in [0.2, 0.25) is 0 Å². The van der Waals surface area contributed by atoms with Crippen LogP contribution >= 0.6 is 0 Å². The Kier molecular flexibility index (Phi) is 3.99. The Bertz CT molecular complexity index is 957. The highest BCUT2D eigenvalue weighted by Crippen LogP contribution is 2.42. The lowest BCUT2D eigenvalue weighted by atomic mass is 9.87. The fourth-order valence-corrected chi connectivity index (χ4v) is 3.24. The summed E-state index contributed by atoms with van der Waals surface area (Å²) in [5.41, 5.74) is 3.55. The van der Waals surface area contributed by atoms with Gasteiger partial charge in [-0.25, -0.2) is 0 Å². The van der Waals surface area contributed by atoms with Crippen LogP contribution in [0, 0.1) is 0 Å². The highest BCUT2D eigenvalue weighted by Gasteiger charge is 2.34. The van der Waals surface area contributed by atoms with E-state index in [1.807, 2.05) is 30.3 Å². The molecule has 7 nitrogen and oxygen atoms in total. The molecule has 2 N–H and O–H groups in total. The number of nitrogens with one attached hydrogen (secondary N) is 2. The normalized spacial score (nSPS) is 16.5. The summed E-state index contributed by atoms with van der Waals surface area (Å²) in [7, 11) is 1.63. The quantitative estimate of drug-likeness (QED) is 0.747. The van der Waals surface area contributed by atoms with Crippen LogP contribution in [0.25, 0.3) is 11.3 Å². The Morgan fingerprint density at radius 3 is 2.88 bits per heavy atom. The fraction of sp³-hybridized carbons (Fsp3) is 0.316. The minimum absolute atomic E-state index is 0.0892. The second kappa shape index (κ2) is 6.33. The lowest BCUT2D eigenvalue weighted by molar-refractivity contribution is -0.116. The zero-order chi connectivity index (χ0) is 18.3. The predicted octanol–water partition coefficient (Wildman–Crippen LogP) is 3.67. The van der Waals surface area contributed by atoms with Gasteiger partial charge in [-0.15, -0.1) is 0 Å². The third-order valence-corrected chi connectivity index (χ3v) is 4.64. The van der Waals surface area contributed by atoms with Crippen molar-refractivity contribution in [1.82, 2.24) is 15.4 Å². The number of rotatable bonds is 4. The first-order valence-electron chi connectivity index (χ1n) is 8.56. The van der Waals surface area contributed by atoms with E-state index in [0.717, 1.165) is 28.3 Å². The van der Waals surface area contributed by atoms with Crippen molar-refractivity contribution < 1.29 is 14.1 Å². The number of ether oxygens (including phenoxy) is 1. The molecule has 1 unspecified atom stereocenters. The van der Waals surface area contributed by atoms with E-state index in [9.17, 15) is 4.79 Å². The fourth-order valence-electron chi connectivity index (χ4n) is 3.24. The van der Waals surface area contributed by atoms with Crippen LogP contribution in [0.5, 0.6) is 5.75 Å². The Labute approximate surface area is 150 Å². The van der Waals surface area contributed by atoms with Crippen LogP contribution < -0.4 is 10.1 Å². The van der Waals surface area contributed by atoms with E-state index >= 15 is 0 Å². The molecular weight excluding hydrogens is 332 g/mol. The Hall–Kier alpha value is -3.09. The number of carbonyl (C=O) groups excluding carboxylic acids is 1. The third-order valence-electron chi connectivity index (χ3n) is 4.64. The number of carbonyl (C=O) groups is 1. The number of H-pyrrole nitrogens is 1. The zero-order valence-electron chi connectivity index (χ0n) is 14.9. The van der Waals surface area contributed by atoms with Crippen molar-refractivity contribution in [2.24, 2.45) is 0 Å². The van der Waals surface area contributed by atoms with E-state index in [1.54, 1.807) is 7.11 Å². The number of anilines is 1. The van der Waals surface area contributed by atoms with Gasteiger partial charge in [-0.2, -0.15) is 5.10 Å². The summed E-state index contributed by atoms with van der Waals surface area (Å²) in [6.45, 7) is 4.11. The van der Waals surface area contributed by atoms with E-state index < -0.39 is 0 Å². The van der Waals surface area contributed by atoms with Crippen molar-refractivity contribution in [3.05, 3.63) is 47.3 Å². The maximum Gasteiger partial charge on any atom is 0.226 e. The molecule has 1 aliphatic rings. The molecule has 0 fully saturated rings. The highest BCUT2D eigenvalue weighted by molar-refractivity contribution is 5.95. The number of aromatic nitrogens is 3. The van der Waals surface area contributed by atoms with Crippen LogP contribution in [-0.2, 0) is 4.79 Å². The van der Waals surface area contributed by atoms with Gasteiger partial charge >= 0.3 is 0 Å². The van der Waals surface area contributed by atoms with Gasteiger partial charge in [-0.3, -0.25) is 9.89 Å². The van der Waals surface area contributed by atoms with Crippen molar-refractivity contribution in [2.75, 3.05) is 12.4 Å². The molecule has 7 heteroatoms. The first-order chi connectivity index (χ1) is 12.6. The predicted molar refractivity (Wildman–Crippen MR) is 96.3 cm³/mol. The molecule has 0 bridgehead atoms. The number of hydrogen-bond donors (Lipinski definition) is 2. The minimum Gasteiger partial charge on any atom is -0.497 e. The summed E-state index contributed by atoms with van der Waals surface area (Å²) in [6.07, 6.45) is 0.288. The number of fused-ring (bicyclic) bond motifs is 1. The van der Waals surface area contributed by atoms with Gasteiger partial charge in [0.1, 0.15) is 11.5 Å². The number of benzene rings is 1. The van der Waals surface area contributed by atoms with Gasteiger partial charge in [0, 0.05) is 23.6 Å². The monoisotopic (exact) mass is 352 g/mol. The molecule has 2 aromatic heterocycles. The second-order valence-corrected chi connectivity index (χ2v) is 6.71. The molecule has 0 radical (unpaired) electrons. The first kappa shape index (κ1) is 16.4. The lowest BCUT2D eigenvalue weighted by Gasteiger charge is -2.21. The summed E-state index contributed by atoms with van der Waals surface area (Å²) in [5, 5.41) is 14.3. The molecule has 26 heavy (non-hydrogen) atoms. The molecule has 1 atom stereocenters. The van der Waals surface area contributed by atoms with Crippen molar-refractivity contribution >= 4 is 11.7 Å². The van der Waals surface area contributed by atoms with E-state index in [0.29, 0.717) is 11.6 Å². The number of aromatic amines is 1. The van der Waals surface area contributed by atoms with Gasteiger partial charge in [0.25, 0.3) is 0 Å². The molecule has 3 heterocycles. The lowest BCUT2D eigenvalue weighted by Crippen LogP contribution is -2.23. The standard InChI is InChI=1S/C19H20N4O3/c1-10(2)14-9-15(26-23-14)13-8-16(24)20-19-17(13)18(21-22-19)11-5-4-6-12(7-11)25-3/h4-7,9-10,13H,8H2,1-3H3,(H2,20,21,22,24). The van der Waals surface area contributed by atoms with Gasteiger partial charge in [0.15, 0.2) is 5.82 Å². The van der Waals surface area contributed by atoms with Crippen LogP contribution in [0.15, 0.2) is 34.9 Å². The maximum atomic E-state index is 12.1. The van der Waals surface area contributed by atoms with Gasteiger partial charge in [-0.05, 0) is 18.1 Å². The Morgan fingerprint density at radius 2 is 2.15 bits per heavy atom. The number of amides is 1. The summed E-state index contributed by atoms with van der Waals surface area (Å²) in [6, 6.07) is 9.64. The van der Waals surface area contributed by atoms with Crippen molar-refractivity contribution in [2.45, 2.75) is 32.1 Å². The molecule has 4 rings (SSSR count). The van der Waals surface area contributed by atoms with Crippen molar-refractivity contribution in [1.29, 1.82) is 0 Å².